The van der Waals surface area contributed by atoms with Crippen LogP contribution in [0.3, 0.4) is 0 Å². The van der Waals surface area contributed by atoms with Crippen LogP contribution in [0.4, 0.5) is 5.69 Å². The summed E-state index contributed by atoms with van der Waals surface area (Å²) < 4.78 is 42.8. The number of benzene rings is 3. The first-order chi connectivity index (χ1) is 19.2. The Morgan fingerprint density at radius 2 is 1.48 bits per heavy atom. The van der Waals surface area contributed by atoms with E-state index < -0.39 is 34.3 Å². The van der Waals surface area contributed by atoms with Crippen molar-refractivity contribution < 1.29 is 37.0 Å². The Hall–Kier alpha value is -4.22. The van der Waals surface area contributed by atoms with Gasteiger partial charge in [-0.25, -0.2) is 13.2 Å². The molecule has 10 nitrogen and oxygen atoms in total. The van der Waals surface area contributed by atoms with Crippen LogP contribution in [-0.2, 0) is 14.8 Å². The molecule has 1 N–H and O–H groups in total. The number of piperidine rings is 1. The molecule has 1 heterocycles. The summed E-state index contributed by atoms with van der Waals surface area (Å²) in [5.74, 6) is -0.962. The number of nitrogens with zero attached hydrogens (tertiary/aromatic N) is 1. The third kappa shape index (κ3) is 6.49. The van der Waals surface area contributed by atoms with Crippen LogP contribution in [0.15, 0.2) is 71.6 Å². The molecule has 4 rings (SSSR count). The Kier molecular flexibility index (Phi) is 9.18. The Morgan fingerprint density at radius 3 is 2.15 bits per heavy atom. The minimum atomic E-state index is -3.62. The third-order valence-electron chi connectivity index (χ3n) is 6.50. The number of nitrogens with one attached hydrogen (secondary N) is 1. The average molecular weight is 567 g/mol. The van der Waals surface area contributed by atoms with E-state index in [2.05, 4.69) is 5.32 Å². The van der Waals surface area contributed by atoms with Gasteiger partial charge in [0.25, 0.3) is 5.91 Å². The van der Waals surface area contributed by atoms with E-state index in [0.29, 0.717) is 24.6 Å². The van der Waals surface area contributed by atoms with Gasteiger partial charge in [-0.15, -0.1) is 0 Å². The topological polar surface area (TPSA) is 128 Å². The fourth-order valence-corrected chi connectivity index (χ4v) is 5.82. The minimum absolute atomic E-state index is 0.0558. The maximum absolute atomic E-state index is 12.9. The van der Waals surface area contributed by atoms with Crippen molar-refractivity contribution in [2.24, 2.45) is 0 Å². The van der Waals surface area contributed by atoms with Gasteiger partial charge in [0.2, 0.25) is 10.0 Å². The normalized spacial score (nSPS) is 13.8. The van der Waals surface area contributed by atoms with Crippen LogP contribution in [0.25, 0.3) is 0 Å². The summed E-state index contributed by atoms with van der Waals surface area (Å²) in [4.78, 5) is 38.4. The molecule has 0 unspecified atom stereocenters. The molecule has 40 heavy (non-hydrogen) atoms. The molecule has 3 aromatic rings. The van der Waals surface area contributed by atoms with Gasteiger partial charge in [-0.2, -0.15) is 4.31 Å². The highest BCUT2D eigenvalue weighted by Gasteiger charge is 2.26. The van der Waals surface area contributed by atoms with Gasteiger partial charge in [-0.1, -0.05) is 18.6 Å². The molecule has 0 bridgehead atoms. The maximum atomic E-state index is 12.9. The summed E-state index contributed by atoms with van der Waals surface area (Å²) in [5, 5.41) is 2.66. The number of ketones is 1. The van der Waals surface area contributed by atoms with Crippen molar-refractivity contribution in [2.45, 2.75) is 24.2 Å². The van der Waals surface area contributed by atoms with Crippen molar-refractivity contribution in [1.82, 2.24) is 4.31 Å². The van der Waals surface area contributed by atoms with Gasteiger partial charge in [0.1, 0.15) is 0 Å². The van der Waals surface area contributed by atoms with Gasteiger partial charge in [0.15, 0.2) is 23.9 Å². The lowest BCUT2D eigenvalue weighted by atomic mass is 10.1. The van der Waals surface area contributed by atoms with Crippen molar-refractivity contribution in [3.63, 3.8) is 0 Å². The van der Waals surface area contributed by atoms with Gasteiger partial charge in [0.05, 0.1) is 30.4 Å². The van der Waals surface area contributed by atoms with Crippen LogP contribution in [0, 0.1) is 0 Å². The van der Waals surface area contributed by atoms with E-state index in [9.17, 15) is 22.8 Å². The molecule has 0 aromatic heterocycles. The lowest BCUT2D eigenvalue weighted by Crippen LogP contribution is -2.35. The highest BCUT2D eigenvalue weighted by molar-refractivity contribution is 7.89. The summed E-state index contributed by atoms with van der Waals surface area (Å²) in [7, 11) is -0.696. The quantitative estimate of drug-likeness (QED) is 0.286. The molecule has 210 valence electrons. The smallest absolute Gasteiger partial charge is 0.340 e. The SMILES string of the molecule is COc1ccc(C(=O)COC(=O)c2ccccc2NC(=O)c2ccc(S(=O)(=O)N3CCCCC3)cc2)cc1OC. The fourth-order valence-electron chi connectivity index (χ4n) is 4.30. The molecule has 1 aliphatic rings. The molecule has 0 spiro atoms. The second kappa shape index (κ2) is 12.8. The maximum Gasteiger partial charge on any atom is 0.340 e. The first-order valence-electron chi connectivity index (χ1n) is 12.7. The number of amides is 1. The van der Waals surface area contributed by atoms with E-state index in [0.717, 1.165) is 19.3 Å². The van der Waals surface area contributed by atoms with E-state index >= 15 is 0 Å². The van der Waals surface area contributed by atoms with Gasteiger partial charge in [-0.05, 0) is 67.4 Å². The molecule has 0 aliphatic carbocycles. The van der Waals surface area contributed by atoms with E-state index in [1.807, 2.05) is 0 Å². The molecule has 11 heteroatoms. The van der Waals surface area contributed by atoms with Gasteiger partial charge in [-0.3, -0.25) is 9.59 Å². The zero-order chi connectivity index (χ0) is 28.7. The molecule has 3 aromatic carbocycles. The Morgan fingerprint density at radius 1 is 0.825 bits per heavy atom. The molecule has 0 radical (unpaired) electrons. The predicted molar refractivity (Wildman–Crippen MR) is 148 cm³/mol. The lowest BCUT2D eigenvalue weighted by molar-refractivity contribution is 0.0475. The second-order valence-corrected chi connectivity index (χ2v) is 11.0. The van der Waals surface area contributed by atoms with Crippen LogP contribution in [0.2, 0.25) is 0 Å². The number of carbonyl (C=O) groups is 3. The van der Waals surface area contributed by atoms with Gasteiger partial charge in [0, 0.05) is 24.2 Å². The first-order valence-corrected chi connectivity index (χ1v) is 14.1. The van der Waals surface area contributed by atoms with Crippen LogP contribution < -0.4 is 14.8 Å². The Labute approximate surface area is 232 Å². The van der Waals surface area contributed by atoms with Crippen LogP contribution in [-0.4, -0.2) is 64.3 Å². The number of hydrogen-bond acceptors (Lipinski definition) is 8. The van der Waals surface area contributed by atoms with Crippen molar-refractivity contribution in [1.29, 1.82) is 0 Å². The van der Waals surface area contributed by atoms with Gasteiger partial charge >= 0.3 is 5.97 Å². The zero-order valence-corrected chi connectivity index (χ0v) is 23.0. The number of rotatable bonds is 10. The monoisotopic (exact) mass is 566 g/mol. The number of hydrogen-bond donors (Lipinski definition) is 1. The number of ether oxygens (including phenoxy) is 3. The van der Waals surface area contributed by atoms with E-state index in [4.69, 9.17) is 14.2 Å². The van der Waals surface area contributed by atoms with Crippen molar-refractivity contribution in [3.05, 3.63) is 83.4 Å². The summed E-state index contributed by atoms with van der Waals surface area (Å²) in [5.41, 5.74) is 0.725. The van der Waals surface area contributed by atoms with Crippen LogP contribution in [0.5, 0.6) is 11.5 Å². The minimum Gasteiger partial charge on any atom is -0.493 e. The third-order valence-corrected chi connectivity index (χ3v) is 8.42. The predicted octanol–water partition coefficient (Wildman–Crippen LogP) is 4.17. The molecule has 0 atom stereocenters. The summed E-state index contributed by atoms with van der Waals surface area (Å²) in [6.45, 7) is 0.443. The zero-order valence-electron chi connectivity index (χ0n) is 22.2. The number of methoxy groups -OCH3 is 2. The number of para-hydroxylation sites is 1. The van der Waals surface area contributed by atoms with Crippen molar-refractivity contribution >= 4 is 33.4 Å². The Bertz CT molecular complexity index is 1500. The highest BCUT2D eigenvalue weighted by Crippen LogP contribution is 2.28. The van der Waals surface area contributed by atoms with Crippen molar-refractivity contribution in [3.8, 4) is 11.5 Å². The number of sulfonamides is 1. The standard InChI is InChI=1S/C29H30N2O8S/c1-37-26-15-12-21(18-27(26)38-2)25(32)19-39-29(34)23-8-4-5-9-24(23)30-28(33)20-10-13-22(14-11-20)40(35,36)31-16-6-3-7-17-31/h4-5,8-15,18H,3,6-7,16-17,19H2,1-2H3,(H,30,33). The van der Waals surface area contributed by atoms with Crippen LogP contribution >= 0.6 is 0 Å². The number of Topliss-reactive ketones (excluding diaryl/α,β-unsaturated/α-hetero) is 1. The summed E-state index contributed by atoms with van der Waals surface area (Å²) in [6.07, 6.45) is 2.66. The Balaban J connectivity index is 1.41. The summed E-state index contributed by atoms with van der Waals surface area (Å²) in [6, 6.07) is 16.5. The molecule has 1 amide bonds. The molecule has 1 saturated heterocycles. The van der Waals surface area contributed by atoms with E-state index in [1.54, 1.807) is 18.2 Å². The summed E-state index contributed by atoms with van der Waals surface area (Å²) >= 11 is 0. The van der Waals surface area contributed by atoms with Crippen LogP contribution in [0.1, 0.15) is 50.3 Å². The average Bonchev–Trinajstić information content (AvgIpc) is 3.00. The molecule has 1 aliphatic heterocycles. The largest absolute Gasteiger partial charge is 0.493 e. The molecule has 1 fully saturated rings. The number of carbonyl (C=O) groups excluding carboxylic acids is 3. The highest BCUT2D eigenvalue weighted by atomic mass is 32.2. The molecule has 0 saturated carbocycles. The molecular formula is C29H30N2O8S. The van der Waals surface area contributed by atoms with E-state index in [1.165, 1.54) is 67.1 Å². The lowest BCUT2D eigenvalue weighted by Gasteiger charge is -2.25. The second-order valence-electron chi connectivity index (χ2n) is 9.06. The van der Waals surface area contributed by atoms with E-state index in [-0.39, 0.29) is 27.3 Å². The number of esters is 1. The molecular weight excluding hydrogens is 536 g/mol. The first kappa shape index (κ1) is 28.8. The number of anilines is 1. The van der Waals surface area contributed by atoms with Gasteiger partial charge < -0.3 is 19.5 Å². The van der Waals surface area contributed by atoms with Crippen molar-refractivity contribution in [2.75, 3.05) is 39.2 Å². The fraction of sp³-hybridized carbons (Fsp3) is 0.276.